The third-order valence-corrected chi connectivity index (χ3v) is 7.48. The van der Waals surface area contributed by atoms with Gasteiger partial charge in [-0.15, -0.1) is 0 Å². The van der Waals surface area contributed by atoms with E-state index in [9.17, 15) is 23.3 Å². The highest BCUT2D eigenvalue weighted by molar-refractivity contribution is 5.55. The molecule has 0 bridgehead atoms. The maximum absolute atomic E-state index is 13.3. The monoisotopic (exact) mass is 550 g/mol. The summed E-state index contributed by atoms with van der Waals surface area (Å²) in [6.45, 7) is 10.1. The van der Waals surface area contributed by atoms with Crippen molar-refractivity contribution in [2.45, 2.75) is 90.5 Å². The summed E-state index contributed by atoms with van der Waals surface area (Å²) in [5.74, 6) is 1.25. The summed E-state index contributed by atoms with van der Waals surface area (Å²) >= 11 is 0. The number of benzene rings is 1. The van der Waals surface area contributed by atoms with Crippen molar-refractivity contribution < 1.29 is 22.8 Å². The van der Waals surface area contributed by atoms with Crippen LogP contribution in [0.25, 0.3) is 0 Å². The molecule has 216 valence electrons. The minimum Gasteiger partial charge on any atom is -0.474 e. The number of anilines is 1. The van der Waals surface area contributed by atoms with Gasteiger partial charge in [-0.2, -0.15) is 13.2 Å². The van der Waals surface area contributed by atoms with Gasteiger partial charge in [0.1, 0.15) is 11.7 Å². The molecule has 1 saturated carbocycles. The number of pyridine rings is 1. The summed E-state index contributed by atoms with van der Waals surface area (Å²) < 4.78 is 46.0. The highest BCUT2D eigenvalue weighted by Gasteiger charge is 2.38. The number of hydrogen-bond donors (Lipinski definition) is 1. The lowest BCUT2D eigenvalue weighted by Gasteiger charge is -2.30. The number of nitrogens with one attached hydrogen (secondary N) is 1. The molecule has 2 aromatic rings. The number of hydrogen-bond acceptors (Lipinski definition) is 6. The van der Waals surface area contributed by atoms with Gasteiger partial charge in [-0.05, 0) is 101 Å². The lowest BCUT2D eigenvalue weighted by atomic mass is 9.92. The third-order valence-electron chi connectivity index (χ3n) is 7.48. The van der Waals surface area contributed by atoms with E-state index in [1.165, 1.54) is 24.5 Å². The molecular weight excluding hydrogens is 509 g/mol. The molecule has 0 spiro atoms. The van der Waals surface area contributed by atoms with Crippen LogP contribution in [-0.2, 0) is 12.6 Å². The number of nitro benzene ring substituents is 1. The molecule has 7 nitrogen and oxygen atoms in total. The average molecular weight is 551 g/mol. The van der Waals surface area contributed by atoms with Gasteiger partial charge in [0.15, 0.2) is 0 Å². The zero-order valence-electron chi connectivity index (χ0n) is 23.2. The van der Waals surface area contributed by atoms with Crippen molar-refractivity contribution in [3.63, 3.8) is 0 Å². The van der Waals surface area contributed by atoms with E-state index in [4.69, 9.17) is 4.74 Å². The quantitative estimate of drug-likeness (QED) is 0.194. The maximum atomic E-state index is 13.3. The largest absolute Gasteiger partial charge is 0.474 e. The number of rotatable bonds is 14. The molecule has 1 aliphatic carbocycles. The number of nitro groups is 1. The molecule has 1 atom stereocenters. The Morgan fingerprint density at radius 2 is 1.87 bits per heavy atom. The molecule has 1 aromatic carbocycles. The van der Waals surface area contributed by atoms with Crippen LogP contribution in [0, 0.1) is 16.0 Å². The van der Waals surface area contributed by atoms with Gasteiger partial charge >= 0.3 is 6.18 Å². The van der Waals surface area contributed by atoms with E-state index in [0.29, 0.717) is 24.6 Å². The van der Waals surface area contributed by atoms with Crippen molar-refractivity contribution in [1.29, 1.82) is 0 Å². The van der Waals surface area contributed by atoms with E-state index >= 15 is 0 Å². The lowest BCUT2D eigenvalue weighted by molar-refractivity contribution is -0.388. The molecule has 0 aliphatic heterocycles. The summed E-state index contributed by atoms with van der Waals surface area (Å²) in [5.41, 5.74) is -0.742. The van der Waals surface area contributed by atoms with Gasteiger partial charge in [-0.1, -0.05) is 20.8 Å². The molecule has 0 saturated heterocycles. The van der Waals surface area contributed by atoms with Crippen LogP contribution in [0.4, 0.5) is 24.5 Å². The zero-order valence-corrected chi connectivity index (χ0v) is 23.2. The molecule has 1 unspecified atom stereocenters. The van der Waals surface area contributed by atoms with Crippen molar-refractivity contribution in [3.8, 4) is 5.88 Å². The number of halogens is 3. The second-order valence-electron chi connectivity index (χ2n) is 10.6. The van der Waals surface area contributed by atoms with E-state index < -0.39 is 22.4 Å². The van der Waals surface area contributed by atoms with Gasteiger partial charge in [-0.25, -0.2) is 4.98 Å². The first-order chi connectivity index (χ1) is 18.6. The number of nitrogens with zero attached hydrogens (tertiary/aromatic N) is 3. The van der Waals surface area contributed by atoms with Crippen molar-refractivity contribution in [1.82, 2.24) is 9.88 Å². The summed E-state index contributed by atoms with van der Waals surface area (Å²) in [5, 5.41) is 14.1. The first-order valence-electron chi connectivity index (χ1n) is 14.0. The van der Waals surface area contributed by atoms with E-state index in [2.05, 4.69) is 36.0 Å². The molecule has 3 rings (SSSR count). The van der Waals surface area contributed by atoms with Crippen molar-refractivity contribution >= 4 is 11.4 Å². The van der Waals surface area contributed by atoms with Gasteiger partial charge in [0.25, 0.3) is 5.69 Å². The summed E-state index contributed by atoms with van der Waals surface area (Å²) in [6.07, 6.45) is 4.36. The number of aromatic nitrogens is 1. The zero-order chi connectivity index (χ0) is 28.4. The van der Waals surface area contributed by atoms with Crippen molar-refractivity contribution in [3.05, 3.63) is 57.8 Å². The number of ether oxygens (including phenoxy) is 1. The second kappa shape index (κ2) is 14.5. The Hall–Kier alpha value is -2.88. The smallest absolute Gasteiger partial charge is 0.423 e. The minimum absolute atomic E-state index is 0.00841. The Bertz CT molecular complexity index is 1060. The highest BCUT2D eigenvalue weighted by atomic mass is 19.4. The summed E-state index contributed by atoms with van der Waals surface area (Å²) in [4.78, 5) is 16.9. The van der Waals surface area contributed by atoms with Gasteiger partial charge in [0, 0.05) is 30.1 Å². The number of aryl methyl sites for hydroxylation is 1. The molecule has 0 amide bonds. The SMILES string of the molecule is CCCN(CC)CCC(C)CCc1ccnc(O[C@H]2CC[C@H](Nc3ccc([N+](=O)[O-])c(C(F)(F)F)c3)CC2)c1. The molecule has 10 heteroatoms. The lowest BCUT2D eigenvalue weighted by Crippen LogP contribution is -2.31. The molecular formula is C29H41F3N4O3. The van der Waals surface area contributed by atoms with Gasteiger partial charge in [-0.3, -0.25) is 10.1 Å². The van der Waals surface area contributed by atoms with Crippen LogP contribution in [0.15, 0.2) is 36.5 Å². The predicted molar refractivity (Wildman–Crippen MR) is 147 cm³/mol. The van der Waals surface area contributed by atoms with Crippen molar-refractivity contribution in [2.75, 3.05) is 25.0 Å². The minimum atomic E-state index is -4.80. The Kier molecular flexibility index (Phi) is 11.4. The molecule has 0 radical (unpaired) electrons. The van der Waals surface area contributed by atoms with Crippen molar-refractivity contribution in [2.24, 2.45) is 5.92 Å². The standard InChI is InChI=1S/C29H41F3N4O3/c1-4-17-35(5-2)18-15-21(3)6-7-22-14-16-33-28(19-22)39-25-11-8-23(9-12-25)34-24-10-13-27(36(37)38)26(20-24)29(30,31)32/h10,13-14,16,19-21,23,25,34H,4-9,11-12,15,17-18H2,1-3H3/t21?,23-,25-. The van der Waals surface area contributed by atoms with E-state index in [-0.39, 0.29) is 17.8 Å². The fourth-order valence-electron chi connectivity index (χ4n) is 5.12. The van der Waals surface area contributed by atoms with Gasteiger partial charge in [0.2, 0.25) is 5.88 Å². The molecule has 1 N–H and O–H groups in total. The Morgan fingerprint density at radius 3 is 2.51 bits per heavy atom. The van der Waals surface area contributed by atoms with Gasteiger partial charge in [0.05, 0.1) is 4.92 Å². The molecule has 1 aromatic heterocycles. The van der Waals surface area contributed by atoms with Crippen LogP contribution < -0.4 is 10.1 Å². The Balaban J connectivity index is 1.46. The van der Waals surface area contributed by atoms with E-state index in [1.54, 1.807) is 6.20 Å². The molecule has 1 fully saturated rings. The van der Waals surface area contributed by atoms with E-state index in [0.717, 1.165) is 57.5 Å². The fraction of sp³-hybridized carbons (Fsp3) is 0.621. The number of alkyl halides is 3. The van der Waals surface area contributed by atoms with Crippen LogP contribution in [0.2, 0.25) is 0 Å². The van der Waals surface area contributed by atoms with Crippen LogP contribution in [-0.4, -0.2) is 46.6 Å². The van der Waals surface area contributed by atoms with Gasteiger partial charge < -0.3 is 15.0 Å². The third kappa shape index (κ3) is 9.67. The molecule has 1 aliphatic rings. The Morgan fingerprint density at radius 1 is 1.13 bits per heavy atom. The first-order valence-corrected chi connectivity index (χ1v) is 14.0. The van der Waals surface area contributed by atoms with Crippen LogP contribution >= 0.6 is 0 Å². The fourth-order valence-corrected chi connectivity index (χ4v) is 5.12. The average Bonchev–Trinajstić information content (AvgIpc) is 2.90. The molecule has 39 heavy (non-hydrogen) atoms. The Labute approximate surface area is 229 Å². The predicted octanol–water partition coefficient (Wildman–Crippen LogP) is 7.50. The summed E-state index contributed by atoms with van der Waals surface area (Å²) in [7, 11) is 0. The second-order valence-corrected chi connectivity index (χ2v) is 10.6. The molecule has 1 heterocycles. The van der Waals surface area contributed by atoms with Crippen LogP contribution in [0.3, 0.4) is 0 Å². The summed E-state index contributed by atoms with van der Waals surface area (Å²) in [6, 6.07) is 7.08. The first kappa shape index (κ1) is 30.7. The highest BCUT2D eigenvalue weighted by Crippen LogP contribution is 2.38. The maximum Gasteiger partial charge on any atom is 0.423 e. The van der Waals surface area contributed by atoms with Crippen LogP contribution in [0.5, 0.6) is 5.88 Å². The normalized spacial score (nSPS) is 18.6. The topological polar surface area (TPSA) is 80.5 Å². The van der Waals surface area contributed by atoms with E-state index in [1.807, 2.05) is 12.1 Å². The van der Waals surface area contributed by atoms with Crippen LogP contribution in [0.1, 0.15) is 76.8 Å².